The maximum atomic E-state index is 13.8. The lowest BCUT2D eigenvalue weighted by atomic mass is 10.2. The van der Waals surface area contributed by atoms with Crippen LogP contribution in [0.2, 0.25) is 0 Å². The lowest BCUT2D eigenvalue weighted by Crippen LogP contribution is -2.37. The third kappa shape index (κ3) is 2.63. The number of benzene rings is 1. The van der Waals surface area contributed by atoms with Gasteiger partial charge in [-0.05, 0) is 37.1 Å². The fourth-order valence-electron chi connectivity index (χ4n) is 3.19. The van der Waals surface area contributed by atoms with Crippen LogP contribution in [0.5, 0.6) is 0 Å². The molecule has 118 valence electrons. The van der Waals surface area contributed by atoms with Crippen LogP contribution in [0.3, 0.4) is 0 Å². The molecule has 23 heavy (non-hydrogen) atoms. The van der Waals surface area contributed by atoms with Crippen LogP contribution in [-0.4, -0.2) is 33.2 Å². The molecular weight excluding hydrogens is 313 g/mol. The zero-order valence-electron chi connectivity index (χ0n) is 12.5. The van der Waals surface area contributed by atoms with E-state index in [1.807, 2.05) is 27.9 Å². The Kier molecular flexibility index (Phi) is 3.61. The third-order valence-electron chi connectivity index (χ3n) is 4.31. The molecule has 0 N–H and O–H groups in total. The molecule has 4 nitrogen and oxygen atoms in total. The van der Waals surface area contributed by atoms with E-state index in [1.165, 1.54) is 17.4 Å². The molecule has 1 aromatic carbocycles. The van der Waals surface area contributed by atoms with Crippen molar-refractivity contribution < 1.29 is 9.18 Å². The van der Waals surface area contributed by atoms with Crippen LogP contribution < -0.4 is 0 Å². The number of hydrogen-bond acceptors (Lipinski definition) is 3. The first-order chi connectivity index (χ1) is 11.2. The van der Waals surface area contributed by atoms with Crippen molar-refractivity contribution in [1.82, 2.24) is 14.7 Å². The van der Waals surface area contributed by atoms with Gasteiger partial charge < -0.3 is 4.90 Å². The average Bonchev–Trinajstić information content (AvgIpc) is 3.27. The number of likely N-dealkylation sites (tertiary alicyclic amines) is 1. The summed E-state index contributed by atoms with van der Waals surface area (Å²) in [5, 5.41) is 4.76. The summed E-state index contributed by atoms with van der Waals surface area (Å²) in [7, 11) is 0. The molecule has 1 fully saturated rings. The number of carbonyl (C=O) groups excluding carboxylic acids is 1. The summed E-state index contributed by atoms with van der Waals surface area (Å²) >= 11 is 1.36. The Morgan fingerprint density at radius 3 is 3.09 bits per heavy atom. The molecule has 0 unspecified atom stereocenters. The first-order valence-corrected chi connectivity index (χ1v) is 8.50. The maximum Gasteiger partial charge on any atom is 0.264 e. The van der Waals surface area contributed by atoms with E-state index in [1.54, 1.807) is 18.3 Å². The molecule has 0 radical (unpaired) electrons. The largest absolute Gasteiger partial charge is 0.333 e. The molecule has 0 saturated carbocycles. The fraction of sp³-hybridized carbons (Fsp3) is 0.294. The second-order valence-electron chi connectivity index (χ2n) is 5.78. The number of carbonyl (C=O) groups is 1. The number of halogens is 1. The molecule has 6 heteroatoms. The zero-order chi connectivity index (χ0) is 15.8. The number of nitrogens with zero attached hydrogens (tertiary/aromatic N) is 3. The van der Waals surface area contributed by atoms with Crippen molar-refractivity contribution in [2.75, 3.05) is 6.54 Å². The van der Waals surface area contributed by atoms with Gasteiger partial charge in [-0.1, -0.05) is 6.07 Å². The number of amides is 1. The van der Waals surface area contributed by atoms with Crippen LogP contribution in [0.15, 0.2) is 42.7 Å². The van der Waals surface area contributed by atoms with E-state index in [0.717, 1.165) is 24.1 Å². The van der Waals surface area contributed by atoms with Gasteiger partial charge in [0.05, 0.1) is 17.5 Å². The molecule has 1 atom stereocenters. The Morgan fingerprint density at radius 2 is 2.30 bits per heavy atom. The van der Waals surface area contributed by atoms with E-state index < -0.39 is 0 Å². The van der Waals surface area contributed by atoms with E-state index >= 15 is 0 Å². The maximum absolute atomic E-state index is 13.8. The Morgan fingerprint density at radius 1 is 1.39 bits per heavy atom. The molecule has 4 rings (SSSR count). The van der Waals surface area contributed by atoms with Crippen LogP contribution in [0, 0.1) is 5.82 Å². The summed E-state index contributed by atoms with van der Waals surface area (Å²) < 4.78 is 16.5. The minimum Gasteiger partial charge on any atom is -0.333 e. The third-order valence-corrected chi connectivity index (χ3v) is 5.40. The van der Waals surface area contributed by atoms with Gasteiger partial charge in [0, 0.05) is 29.0 Å². The van der Waals surface area contributed by atoms with Gasteiger partial charge in [-0.3, -0.25) is 9.48 Å². The monoisotopic (exact) mass is 329 g/mol. The number of aromatic nitrogens is 2. The summed E-state index contributed by atoms with van der Waals surface area (Å²) in [6.07, 6.45) is 5.63. The molecular formula is C17H16FN3OS. The number of hydrogen-bond donors (Lipinski definition) is 0. The number of thiophene rings is 1. The molecule has 1 amide bonds. The second kappa shape index (κ2) is 5.77. The molecule has 3 aromatic rings. The summed E-state index contributed by atoms with van der Waals surface area (Å²) in [4.78, 5) is 15.4. The Balaban J connectivity index is 1.60. The average molecular weight is 329 g/mol. The summed E-state index contributed by atoms with van der Waals surface area (Å²) in [6, 6.07) is 8.68. The zero-order valence-corrected chi connectivity index (χ0v) is 13.3. The highest BCUT2D eigenvalue weighted by Crippen LogP contribution is 2.30. The second-order valence-corrected chi connectivity index (χ2v) is 6.87. The predicted octanol–water partition coefficient (Wildman–Crippen LogP) is 3.54. The van der Waals surface area contributed by atoms with Gasteiger partial charge in [0.25, 0.3) is 5.91 Å². The minimum atomic E-state index is -0.271. The lowest BCUT2D eigenvalue weighted by Gasteiger charge is -2.24. The highest BCUT2D eigenvalue weighted by Gasteiger charge is 2.30. The van der Waals surface area contributed by atoms with Crippen molar-refractivity contribution in [3.8, 4) is 0 Å². The normalized spacial score (nSPS) is 18.0. The molecule has 1 aliphatic heterocycles. The van der Waals surface area contributed by atoms with Crippen molar-refractivity contribution in [2.24, 2.45) is 0 Å². The Bertz CT molecular complexity index is 843. The Hall–Kier alpha value is -2.21. The van der Waals surface area contributed by atoms with Gasteiger partial charge in [-0.2, -0.15) is 5.10 Å². The van der Waals surface area contributed by atoms with E-state index in [2.05, 4.69) is 5.10 Å². The van der Waals surface area contributed by atoms with Crippen LogP contribution in [0.4, 0.5) is 4.39 Å². The SMILES string of the molecule is O=C(c1cc2c(F)cccc2s1)N1CCC[C@H]1Cn1cccn1. The van der Waals surface area contributed by atoms with Gasteiger partial charge in [0.15, 0.2) is 0 Å². The summed E-state index contributed by atoms with van der Waals surface area (Å²) in [5.74, 6) is -0.271. The molecule has 1 saturated heterocycles. The van der Waals surface area contributed by atoms with Crippen LogP contribution in [-0.2, 0) is 6.54 Å². The van der Waals surface area contributed by atoms with Crippen molar-refractivity contribution in [2.45, 2.75) is 25.4 Å². The van der Waals surface area contributed by atoms with Crippen molar-refractivity contribution in [1.29, 1.82) is 0 Å². The highest BCUT2D eigenvalue weighted by molar-refractivity contribution is 7.20. The topological polar surface area (TPSA) is 38.1 Å². The fourth-order valence-corrected chi connectivity index (χ4v) is 4.22. The highest BCUT2D eigenvalue weighted by atomic mass is 32.1. The molecule has 2 aromatic heterocycles. The molecule has 0 bridgehead atoms. The molecule has 0 aliphatic carbocycles. The van der Waals surface area contributed by atoms with Crippen molar-refractivity contribution in [3.05, 3.63) is 53.4 Å². The van der Waals surface area contributed by atoms with E-state index in [0.29, 0.717) is 16.8 Å². The van der Waals surface area contributed by atoms with Crippen LogP contribution in [0.1, 0.15) is 22.5 Å². The smallest absolute Gasteiger partial charge is 0.264 e. The lowest BCUT2D eigenvalue weighted by molar-refractivity contribution is 0.0726. The van der Waals surface area contributed by atoms with Crippen molar-refractivity contribution in [3.63, 3.8) is 0 Å². The quantitative estimate of drug-likeness (QED) is 0.737. The van der Waals surface area contributed by atoms with Crippen LogP contribution in [0.25, 0.3) is 10.1 Å². The van der Waals surface area contributed by atoms with Gasteiger partial charge in [-0.25, -0.2) is 4.39 Å². The molecule has 3 heterocycles. The number of fused-ring (bicyclic) bond motifs is 1. The molecule has 0 spiro atoms. The van der Waals surface area contributed by atoms with E-state index in [4.69, 9.17) is 0 Å². The standard InChI is InChI=1S/C17H16FN3OS/c18-14-5-1-6-15-13(14)10-16(23-15)17(22)21-9-2-4-12(21)11-20-8-3-7-19-20/h1,3,5-8,10,12H,2,4,9,11H2/t12-/m0/s1. The van der Waals surface area contributed by atoms with Gasteiger partial charge in [-0.15, -0.1) is 11.3 Å². The number of rotatable bonds is 3. The summed E-state index contributed by atoms with van der Waals surface area (Å²) in [5.41, 5.74) is 0. The predicted molar refractivity (Wildman–Crippen MR) is 88.1 cm³/mol. The van der Waals surface area contributed by atoms with E-state index in [9.17, 15) is 9.18 Å². The van der Waals surface area contributed by atoms with Gasteiger partial charge in [0.2, 0.25) is 0 Å². The van der Waals surface area contributed by atoms with Crippen molar-refractivity contribution >= 4 is 27.3 Å². The first-order valence-electron chi connectivity index (χ1n) is 7.69. The molecule has 1 aliphatic rings. The van der Waals surface area contributed by atoms with E-state index in [-0.39, 0.29) is 17.8 Å². The van der Waals surface area contributed by atoms with Gasteiger partial charge in [0.1, 0.15) is 5.82 Å². The summed E-state index contributed by atoms with van der Waals surface area (Å²) in [6.45, 7) is 1.46. The van der Waals surface area contributed by atoms with Crippen LogP contribution >= 0.6 is 11.3 Å². The van der Waals surface area contributed by atoms with Gasteiger partial charge >= 0.3 is 0 Å². The first kappa shape index (κ1) is 14.4. The Labute approximate surface area is 137 Å². The minimum absolute atomic E-state index is 0.000237.